The molecule has 0 unspecified atom stereocenters. The maximum absolute atomic E-state index is 12.7. The van der Waals surface area contributed by atoms with Crippen LogP contribution in [0.1, 0.15) is 15.9 Å². The van der Waals surface area contributed by atoms with E-state index in [1.54, 1.807) is 43.6 Å². The van der Waals surface area contributed by atoms with Crippen LogP contribution in [0.3, 0.4) is 0 Å². The predicted octanol–water partition coefficient (Wildman–Crippen LogP) is 5.09. The number of carbonyl (C=O) groups is 1. The van der Waals surface area contributed by atoms with Crippen LogP contribution in [0.5, 0.6) is 5.75 Å². The minimum atomic E-state index is -0.347. The number of Topliss-reactive ketones (excluding diaryl/α,β-unsaturated/α-hetero) is 1. The first-order chi connectivity index (χ1) is 12.6. The van der Waals surface area contributed by atoms with Crippen LogP contribution in [0.15, 0.2) is 72.5 Å². The van der Waals surface area contributed by atoms with Crippen molar-refractivity contribution in [3.8, 4) is 11.8 Å². The minimum Gasteiger partial charge on any atom is -0.497 e. The molecule has 1 N–H and O–H groups in total. The molecule has 0 amide bonds. The highest BCUT2D eigenvalue weighted by Crippen LogP contribution is 2.23. The summed E-state index contributed by atoms with van der Waals surface area (Å²) in [4.78, 5) is 15.7. The summed E-state index contributed by atoms with van der Waals surface area (Å²) in [5, 5.41) is 10.6. The van der Waals surface area contributed by atoms with Crippen LogP contribution in [0.25, 0.3) is 15.9 Å². The van der Waals surface area contributed by atoms with Crippen molar-refractivity contribution in [2.45, 2.75) is 0 Å². The topological polar surface area (TPSA) is 65.9 Å². The Kier molecular flexibility index (Phi) is 5.21. The molecule has 0 aliphatic rings. The van der Waals surface area contributed by atoms with E-state index in [9.17, 15) is 10.1 Å². The van der Waals surface area contributed by atoms with E-state index in [0.717, 1.165) is 22.2 Å². The number of halogens is 1. The fourth-order valence-corrected chi connectivity index (χ4v) is 2.76. The number of aromatic amines is 1. The van der Waals surface area contributed by atoms with Crippen LogP contribution < -0.4 is 4.74 Å². The molecular formula is C21H15ClN2O2. The van der Waals surface area contributed by atoms with Gasteiger partial charge in [-0.1, -0.05) is 29.8 Å². The Morgan fingerprint density at radius 3 is 2.58 bits per heavy atom. The minimum absolute atomic E-state index is 0.0152. The lowest BCUT2D eigenvalue weighted by molar-refractivity contribution is 0.104. The van der Waals surface area contributed by atoms with E-state index in [2.05, 4.69) is 4.98 Å². The van der Waals surface area contributed by atoms with Crippen molar-refractivity contribution in [3.05, 3.63) is 83.6 Å². The summed E-state index contributed by atoms with van der Waals surface area (Å²) in [6, 6.07) is 16.6. The molecule has 0 saturated carbocycles. The van der Waals surface area contributed by atoms with Gasteiger partial charge in [0.1, 0.15) is 17.4 Å². The summed E-state index contributed by atoms with van der Waals surface area (Å²) in [6.07, 6.45) is 4.61. The average Bonchev–Trinajstić information content (AvgIpc) is 3.12. The standard InChI is InChI=1S/C21H15ClN2O2/c1-26-16-9-6-14(7-10-16)19(22)11-8-15(12-23)21(25)18-13-24-20-5-3-2-4-17(18)20/h2-11,13,24H,1H3/b15-8+,19-11-. The molecule has 26 heavy (non-hydrogen) atoms. The number of benzene rings is 2. The number of allylic oxidation sites excluding steroid dienone is 3. The number of fused-ring (bicyclic) bond motifs is 1. The fourth-order valence-electron chi connectivity index (χ4n) is 2.57. The van der Waals surface area contributed by atoms with Gasteiger partial charge in [0.25, 0.3) is 0 Å². The number of ketones is 1. The van der Waals surface area contributed by atoms with E-state index in [1.165, 1.54) is 6.08 Å². The van der Waals surface area contributed by atoms with Crippen molar-refractivity contribution in [2.24, 2.45) is 0 Å². The van der Waals surface area contributed by atoms with Crippen LogP contribution in [0, 0.1) is 11.3 Å². The smallest absolute Gasteiger partial charge is 0.205 e. The molecule has 2 aromatic carbocycles. The first-order valence-corrected chi connectivity index (χ1v) is 8.24. The number of para-hydroxylation sites is 1. The number of carbonyl (C=O) groups excluding carboxylic acids is 1. The molecule has 0 aliphatic carbocycles. The van der Waals surface area contributed by atoms with Gasteiger partial charge < -0.3 is 9.72 Å². The summed E-state index contributed by atoms with van der Waals surface area (Å²) >= 11 is 6.28. The highest BCUT2D eigenvalue weighted by molar-refractivity contribution is 6.48. The number of aromatic nitrogens is 1. The van der Waals surface area contributed by atoms with Gasteiger partial charge in [-0.25, -0.2) is 0 Å². The Balaban J connectivity index is 1.89. The number of methoxy groups -OCH3 is 1. The highest BCUT2D eigenvalue weighted by atomic mass is 35.5. The Labute approximate surface area is 156 Å². The zero-order valence-electron chi connectivity index (χ0n) is 14.0. The van der Waals surface area contributed by atoms with E-state index >= 15 is 0 Å². The van der Waals surface area contributed by atoms with Gasteiger partial charge in [0, 0.05) is 27.7 Å². The van der Waals surface area contributed by atoms with Crippen LogP contribution >= 0.6 is 11.6 Å². The second kappa shape index (κ2) is 7.73. The summed E-state index contributed by atoms with van der Waals surface area (Å²) in [7, 11) is 1.59. The first kappa shape index (κ1) is 17.5. The molecule has 0 radical (unpaired) electrons. The number of hydrogen-bond donors (Lipinski definition) is 1. The van der Waals surface area contributed by atoms with Crippen molar-refractivity contribution in [2.75, 3.05) is 7.11 Å². The molecule has 0 fully saturated rings. The van der Waals surface area contributed by atoms with Crippen molar-refractivity contribution in [1.29, 1.82) is 5.26 Å². The number of nitrogens with zero attached hydrogens (tertiary/aromatic N) is 1. The lowest BCUT2D eigenvalue weighted by Gasteiger charge is -2.02. The van der Waals surface area contributed by atoms with E-state index in [1.807, 2.05) is 30.3 Å². The van der Waals surface area contributed by atoms with Crippen molar-refractivity contribution in [3.63, 3.8) is 0 Å². The molecule has 0 atom stereocenters. The zero-order chi connectivity index (χ0) is 18.5. The van der Waals surface area contributed by atoms with Gasteiger partial charge in [-0.2, -0.15) is 5.26 Å². The predicted molar refractivity (Wildman–Crippen MR) is 103 cm³/mol. The van der Waals surface area contributed by atoms with Gasteiger partial charge in [0.2, 0.25) is 5.78 Å². The molecule has 1 aromatic heterocycles. The molecular weight excluding hydrogens is 348 g/mol. The molecule has 0 aliphatic heterocycles. The summed E-state index contributed by atoms with van der Waals surface area (Å²) in [5.74, 6) is 0.376. The molecule has 4 nitrogen and oxygen atoms in total. The maximum Gasteiger partial charge on any atom is 0.205 e. The third kappa shape index (κ3) is 3.53. The van der Waals surface area contributed by atoms with Crippen molar-refractivity contribution in [1.82, 2.24) is 4.98 Å². The molecule has 0 spiro atoms. The molecule has 5 heteroatoms. The second-order valence-electron chi connectivity index (χ2n) is 5.51. The van der Waals surface area contributed by atoms with Crippen LogP contribution in [0.2, 0.25) is 0 Å². The number of H-pyrrole nitrogens is 1. The number of hydrogen-bond acceptors (Lipinski definition) is 3. The zero-order valence-corrected chi connectivity index (χ0v) is 14.7. The van der Waals surface area contributed by atoms with Gasteiger partial charge in [0.05, 0.1) is 7.11 Å². The second-order valence-corrected chi connectivity index (χ2v) is 5.92. The monoisotopic (exact) mass is 362 g/mol. The lowest BCUT2D eigenvalue weighted by atomic mass is 10.0. The normalized spacial score (nSPS) is 12.0. The van der Waals surface area contributed by atoms with Crippen LogP contribution in [-0.2, 0) is 0 Å². The van der Waals surface area contributed by atoms with Crippen molar-refractivity contribution >= 4 is 33.3 Å². The number of nitrogens with one attached hydrogen (secondary N) is 1. The molecule has 0 saturated heterocycles. The van der Waals surface area contributed by atoms with Gasteiger partial charge in [0.15, 0.2) is 0 Å². The van der Waals surface area contributed by atoms with Gasteiger partial charge >= 0.3 is 0 Å². The molecule has 128 valence electrons. The molecule has 3 aromatic rings. The van der Waals surface area contributed by atoms with E-state index in [0.29, 0.717) is 10.6 Å². The highest BCUT2D eigenvalue weighted by Gasteiger charge is 2.15. The summed E-state index contributed by atoms with van der Waals surface area (Å²) in [6.45, 7) is 0. The van der Waals surface area contributed by atoms with Gasteiger partial charge in [-0.05, 0) is 48.0 Å². The molecule has 1 heterocycles. The number of ether oxygens (including phenoxy) is 1. The van der Waals surface area contributed by atoms with E-state index in [-0.39, 0.29) is 11.4 Å². The van der Waals surface area contributed by atoms with Crippen LogP contribution in [0.4, 0.5) is 0 Å². The summed E-state index contributed by atoms with van der Waals surface area (Å²) < 4.78 is 5.11. The first-order valence-electron chi connectivity index (χ1n) is 7.87. The third-order valence-electron chi connectivity index (χ3n) is 3.96. The Morgan fingerprint density at radius 2 is 1.88 bits per heavy atom. The maximum atomic E-state index is 12.7. The van der Waals surface area contributed by atoms with Crippen LogP contribution in [-0.4, -0.2) is 17.9 Å². The number of rotatable bonds is 5. The third-order valence-corrected chi connectivity index (χ3v) is 4.31. The fraction of sp³-hybridized carbons (Fsp3) is 0.0476. The SMILES string of the molecule is COc1ccc(/C(Cl)=C/C=C(\C#N)C(=O)c2c[nH]c3ccccc23)cc1. The van der Waals surface area contributed by atoms with E-state index in [4.69, 9.17) is 16.3 Å². The number of nitriles is 1. The Morgan fingerprint density at radius 1 is 1.15 bits per heavy atom. The quantitative estimate of drug-likeness (QED) is 0.297. The van der Waals surface area contributed by atoms with E-state index < -0.39 is 0 Å². The average molecular weight is 363 g/mol. The van der Waals surface area contributed by atoms with Gasteiger partial charge in [-0.15, -0.1) is 0 Å². The Bertz CT molecular complexity index is 1050. The van der Waals surface area contributed by atoms with Gasteiger partial charge in [-0.3, -0.25) is 4.79 Å². The molecule has 0 bridgehead atoms. The lowest BCUT2D eigenvalue weighted by Crippen LogP contribution is -2.00. The Hall–Kier alpha value is -3.29. The summed E-state index contributed by atoms with van der Waals surface area (Å²) in [5.41, 5.74) is 2.09. The van der Waals surface area contributed by atoms with Crippen molar-refractivity contribution < 1.29 is 9.53 Å². The largest absolute Gasteiger partial charge is 0.497 e. The molecule has 3 rings (SSSR count).